The van der Waals surface area contributed by atoms with Crippen molar-refractivity contribution in [2.75, 3.05) is 26.4 Å². The Labute approximate surface area is 502 Å². The summed E-state index contributed by atoms with van der Waals surface area (Å²) in [6, 6.07) is 0. The number of hydrogen-bond acceptors (Lipinski definition) is 10. The van der Waals surface area contributed by atoms with E-state index >= 15 is 0 Å². The van der Waals surface area contributed by atoms with Crippen molar-refractivity contribution in [1.29, 1.82) is 0 Å². The van der Waals surface area contributed by atoms with Crippen LogP contribution in [-0.4, -0.2) is 66.5 Å². The fraction of sp³-hybridized carbons (Fsp3) is 0.729. The first-order chi connectivity index (χ1) is 40.2. The molecule has 0 aromatic rings. The van der Waals surface area contributed by atoms with E-state index in [9.17, 15) is 28.9 Å². The molecule has 3 atom stereocenters. The summed E-state index contributed by atoms with van der Waals surface area (Å²) in [7, 11) is -4.77. The molecule has 472 valence electrons. The summed E-state index contributed by atoms with van der Waals surface area (Å²) in [4.78, 5) is 48.8. The number of rotatable bonds is 61. The van der Waals surface area contributed by atoms with E-state index in [1.165, 1.54) is 89.9 Å². The zero-order valence-electron chi connectivity index (χ0n) is 52.4. The number of carbonyl (C=O) groups is 3. The third kappa shape index (κ3) is 61.0. The fourth-order valence-electron chi connectivity index (χ4n) is 8.87. The Bertz CT molecular complexity index is 1750. The topological polar surface area (TPSA) is 155 Å². The Hall–Kier alpha value is -3.60. The van der Waals surface area contributed by atoms with Gasteiger partial charge in [-0.05, 0) is 128 Å². The lowest BCUT2D eigenvalue weighted by Gasteiger charge is -2.21. The molecule has 3 unspecified atom stereocenters. The first kappa shape index (κ1) is 78.4. The number of esters is 3. The quantitative estimate of drug-likeness (QED) is 0.0197. The molecule has 12 heteroatoms. The maximum Gasteiger partial charge on any atom is 0.472 e. The van der Waals surface area contributed by atoms with Crippen LogP contribution in [0.5, 0.6) is 0 Å². The number of aliphatic hydroxyl groups excluding tert-OH is 1. The van der Waals surface area contributed by atoms with Crippen LogP contribution in [0, 0.1) is 0 Å². The molecule has 0 aliphatic carbocycles. The summed E-state index contributed by atoms with van der Waals surface area (Å²) < 4.78 is 39.7. The van der Waals surface area contributed by atoms with Crippen molar-refractivity contribution < 1.29 is 52.2 Å². The van der Waals surface area contributed by atoms with E-state index < -0.39 is 57.8 Å². The van der Waals surface area contributed by atoms with Crippen molar-refractivity contribution in [3.8, 4) is 0 Å². The number of carbonyl (C=O) groups excluding carboxylic acids is 3. The third-order valence-corrected chi connectivity index (χ3v) is 14.9. The van der Waals surface area contributed by atoms with E-state index in [-0.39, 0.29) is 25.9 Å². The predicted octanol–water partition coefficient (Wildman–Crippen LogP) is 20.4. The van der Waals surface area contributed by atoms with Crippen LogP contribution < -0.4 is 0 Å². The summed E-state index contributed by atoms with van der Waals surface area (Å²) in [5, 5.41) is 9.87. The summed E-state index contributed by atoms with van der Waals surface area (Å²) in [6.07, 6.45) is 76.3. The van der Waals surface area contributed by atoms with Crippen LogP contribution in [-0.2, 0) is 42.2 Å². The molecule has 0 saturated carbocycles. The number of unbranched alkanes of at least 4 members (excludes halogenated alkanes) is 28. The van der Waals surface area contributed by atoms with Crippen LogP contribution in [0.3, 0.4) is 0 Å². The second-order valence-corrected chi connectivity index (χ2v) is 23.4. The molecular formula is C70H121O11P. The maximum absolute atomic E-state index is 13.0. The number of phosphoric ester groups is 1. The van der Waals surface area contributed by atoms with Crippen LogP contribution in [0.15, 0.2) is 97.2 Å². The lowest BCUT2D eigenvalue weighted by molar-refractivity contribution is -0.161. The van der Waals surface area contributed by atoms with Gasteiger partial charge in [-0.25, -0.2) is 4.57 Å². The van der Waals surface area contributed by atoms with E-state index in [0.29, 0.717) is 19.3 Å². The van der Waals surface area contributed by atoms with Crippen LogP contribution >= 0.6 is 7.82 Å². The number of aliphatic hydroxyl groups is 1. The molecule has 2 N–H and O–H groups in total. The van der Waals surface area contributed by atoms with Gasteiger partial charge in [0, 0.05) is 19.3 Å². The van der Waals surface area contributed by atoms with Crippen LogP contribution in [0.1, 0.15) is 290 Å². The summed E-state index contributed by atoms with van der Waals surface area (Å²) >= 11 is 0. The zero-order valence-corrected chi connectivity index (χ0v) is 53.3. The highest BCUT2D eigenvalue weighted by atomic mass is 31.2. The molecular weight excluding hydrogens is 1050 g/mol. The van der Waals surface area contributed by atoms with Gasteiger partial charge in [0.2, 0.25) is 0 Å². The van der Waals surface area contributed by atoms with Gasteiger partial charge >= 0.3 is 25.7 Å². The van der Waals surface area contributed by atoms with Gasteiger partial charge in [-0.15, -0.1) is 0 Å². The summed E-state index contributed by atoms with van der Waals surface area (Å²) in [5.74, 6) is -1.50. The molecule has 0 aliphatic heterocycles. The molecule has 0 radical (unpaired) electrons. The smallest absolute Gasteiger partial charge is 0.462 e. The Morgan fingerprint density at radius 2 is 0.598 bits per heavy atom. The normalized spacial score (nSPS) is 13.9. The average Bonchev–Trinajstić information content (AvgIpc) is 3.47. The van der Waals surface area contributed by atoms with Gasteiger partial charge in [0.1, 0.15) is 12.7 Å². The SMILES string of the molecule is CCCCC/C=C\C/C=C\C/C=C\CCCCCCCCC(=O)OC(CO)COP(=O)(O)OCC(COC(=O)CCCCCCCCC/C=C\C/C=C\CCCCC)OC(=O)CCCCCCCC/C=C\C/C=C\C/C=C\CCCCC. The molecule has 0 spiro atoms. The predicted molar refractivity (Wildman–Crippen MR) is 344 cm³/mol. The molecule has 0 fully saturated rings. The fourth-order valence-corrected chi connectivity index (χ4v) is 9.66. The van der Waals surface area contributed by atoms with Crippen molar-refractivity contribution in [2.24, 2.45) is 0 Å². The highest BCUT2D eigenvalue weighted by Gasteiger charge is 2.28. The largest absolute Gasteiger partial charge is 0.472 e. The van der Waals surface area contributed by atoms with E-state index in [2.05, 4.69) is 118 Å². The summed E-state index contributed by atoms with van der Waals surface area (Å²) in [6.45, 7) is 4.56. The molecule has 0 aromatic heterocycles. The van der Waals surface area contributed by atoms with E-state index in [1.807, 2.05) is 0 Å². The molecule has 0 saturated heterocycles. The third-order valence-electron chi connectivity index (χ3n) is 13.9. The van der Waals surface area contributed by atoms with Gasteiger partial charge in [0.05, 0.1) is 19.8 Å². The molecule has 0 aliphatic rings. The Morgan fingerprint density at radius 3 is 0.915 bits per heavy atom. The van der Waals surface area contributed by atoms with Crippen molar-refractivity contribution in [3.05, 3.63) is 97.2 Å². The van der Waals surface area contributed by atoms with Gasteiger partial charge in [-0.3, -0.25) is 23.4 Å². The van der Waals surface area contributed by atoms with Crippen molar-refractivity contribution in [2.45, 2.75) is 303 Å². The van der Waals surface area contributed by atoms with E-state index in [1.54, 1.807) is 0 Å². The van der Waals surface area contributed by atoms with Gasteiger partial charge in [-0.2, -0.15) is 0 Å². The number of ether oxygens (including phenoxy) is 3. The van der Waals surface area contributed by atoms with Crippen LogP contribution in [0.4, 0.5) is 0 Å². The first-order valence-electron chi connectivity index (χ1n) is 33.1. The molecule has 0 heterocycles. The van der Waals surface area contributed by atoms with Crippen molar-refractivity contribution >= 4 is 25.7 Å². The van der Waals surface area contributed by atoms with Gasteiger partial charge in [0.25, 0.3) is 0 Å². The van der Waals surface area contributed by atoms with Crippen LogP contribution in [0.25, 0.3) is 0 Å². The minimum absolute atomic E-state index is 0.147. The number of allylic oxidation sites excluding steroid dienone is 16. The number of hydrogen-bond donors (Lipinski definition) is 2. The standard InChI is InChI=1S/C70H121O11P/c1-4-7-10-13-16-19-22-25-28-31-33-36-39-42-45-48-51-54-57-60-69(73)80-66(62-71)64-78-82(75,76)79-65-67(63-77-68(72)59-56-53-50-47-44-41-38-35-30-27-24-21-18-15-12-9-6-3)81-70(74)61-58-55-52-49-46-43-40-37-34-32-29-26-23-20-17-14-11-8-5-2/h16-21,25-30,33-34,36-37,66-67,71H,4-15,22-24,31-32,35,38-65H2,1-3H3,(H,75,76)/b19-16-,20-17-,21-18-,28-25-,29-26-,30-27-,36-33-,37-34-. The Kier molecular flexibility index (Phi) is 60.6. The second kappa shape index (κ2) is 63.4. The van der Waals surface area contributed by atoms with Crippen molar-refractivity contribution in [3.63, 3.8) is 0 Å². The van der Waals surface area contributed by atoms with Gasteiger partial charge in [0.15, 0.2) is 6.10 Å². The molecule has 0 aromatic carbocycles. The molecule has 0 bridgehead atoms. The van der Waals surface area contributed by atoms with Gasteiger partial charge < -0.3 is 24.2 Å². The highest BCUT2D eigenvalue weighted by Crippen LogP contribution is 2.43. The lowest BCUT2D eigenvalue weighted by Crippen LogP contribution is -2.30. The monoisotopic (exact) mass is 1170 g/mol. The Morgan fingerprint density at radius 1 is 0.341 bits per heavy atom. The average molecular weight is 1170 g/mol. The minimum atomic E-state index is -4.77. The molecule has 11 nitrogen and oxygen atoms in total. The highest BCUT2D eigenvalue weighted by molar-refractivity contribution is 7.47. The van der Waals surface area contributed by atoms with Crippen molar-refractivity contribution in [1.82, 2.24) is 0 Å². The first-order valence-corrected chi connectivity index (χ1v) is 34.6. The molecule has 0 amide bonds. The second-order valence-electron chi connectivity index (χ2n) is 21.9. The lowest BCUT2D eigenvalue weighted by atomic mass is 10.1. The maximum atomic E-state index is 13.0. The zero-order chi connectivity index (χ0) is 59.8. The van der Waals surface area contributed by atoms with E-state index in [4.69, 9.17) is 23.3 Å². The summed E-state index contributed by atoms with van der Waals surface area (Å²) in [5.41, 5.74) is 0. The number of phosphoric acid groups is 1. The minimum Gasteiger partial charge on any atom is -0.462 e. The molecule has 82 heavy (non-hydrogen) atoms. The molecule has 0 rings (SSSR count). The Balaban J connectivity index is 4.74. The van der Waals surface area contributed by atoms with E-state index in [0.717, 1.165) is 141 Å². The van der Waals surface area contributed by atoms with Gasteiger partial charge in [-0.1, -0.05) is 240 Å². The van der Waals surface area contributed by atoms with Crippen LogP contribution in [0.2, 0.25) is 0 Å².